The molecule has 0 aromatic carbocycles. The quantitative estimate of drug-likeness (QED) is 0.0130. The van der Waals surface area contributed by atoms with Crippen LogP contribution in [0, 0.1) is 0 Å². The molecule has 2 atom stereocenters. The first-order chi connectivity index (χ1) is 61.9. The normalized spacial score (nSPS) is 14.3. The molecule has 0 saturated heterocycles. The molecule has 10 N–H and O–H groups in total. The summed E-state index contributed by atoms with van der Waals surface area (Å²) in [6.07, 6.45) is 58.9. The largest absolute Gasteiger partial charge is 0.641 e. The van der Waals surface area contributed by atoms with Gasteiger partial charge in [-0.1, -0.05) is 23.5 Å². The minimum atomic E-state index is -2.23. The van der Waals surface area contributed by atoms with E-state index in [2.05, 4.69) is 61.0 Å². The number of allylic oxidation sites excluding steroid dienone is 8. The number of aliphatic hydroxyl groups excluding tert-OH is 4. The van der Waals surface area contributed by atoms with Gasteiger partial charge in [0.15, 0.2) is 62.0 Å². The van der Waals surface area contributed by atoms with Crippen LogP contribution in [-0.4, -0.2) is 151 Å². The topological polar surface area (TPSA) is 397 Å². The number of amides is 6. The van der Waals surface area contributed by atoms with Crippen LogP contribution in [0.25, 0.3) is 66.6 Å². The van der Waals surface area contributed by atoms with E-state index in [9.17, 15) is 49.2 Å². The highest BCUT2D eigenvalue weighted by Crippen LogP contribution is 2.21. The van der Waals surface area contributed by atoms with Crippen LogP contribution in [0.15, 0.2) is 352 Å². The lowest BCUT2D eigenvalue weighted by Crippen LogP contribution is -2.93. The van der Waals surface area contributed by atoms with Gasteiger partial charge in [-0.2, -0.15) is 20.0 Å². The van der Waals surface area contributed by atoms with E-state index in [1.807, 2.05) is 255 Å². The second kappa shape index (κ2) is 40.7. The van der Waals surface area contributed by atoms with Crippen molar-refractivity contribution in [2.75, 3.05) is 28.2 Å². The Labute approximate surface area is 732 Å². The van der Waals surface area contributed by atoms with Crippen LogP contribution in [0.4, 0.5) is 0 Å². The lowest BCUT2D eigenvalue weighted by atomic mass is 10.1. The molecule has 0 fully saturated rings. The van der Waals surface area contributed by atoms with Crippen LogP contribution in [0.1, 0.15) is 28.8 Å². The van der Waals surface area contributed by atoms with E-state index in [1.54, 1.807) is 76.1 Å². The molecule has 34 heteroatoms. The Hall–Kier alpha value is -17.2. The number of nitrogens with one attached hydrogen (secondary N) is 6. The summed E-state index contributed by atoms with van der Waals surface area (Å²) in [7, 11) is 11.4. The van der Waals surface area contributed by atoms with Crippen LogP contribution >= 0.6 is 0 Å². The summed E-state index contributed by atoms with van der Waals surface area (Å²) in [5.41, 5.74) is 8.14. The molecule has 2 unspecified atom stereocenters. The Morgan fingerprint density at radius 2 is 0.703 bits per heavy atom. The third kappa shape index (κ3) is 23.3. The van der Waals surface area contributed by atoms with Crippen molar-refractivity contribution in [3.8, 4) is 33.6 Å². The van der Waals surface area contributed by atoms with Gasteiger partial charge in [-0.15, -0.1) is 9.13 Å². The number of pyridine rings is 10. The van der Waals surface area contributed by atoms with Crippen molar-refractivity contribution in [2.45, 2.75) is 50.3 Å². The number of aromatic amines is 2. The number of hydrogen-bond acceptors (Lipinski definition) is 10. The van der Waals surface area contributed by atoms with Gasteiger partial charge in [0, 0.05) is 203 Å². The van der Waals surface area contributed by atoms with E-state index in [-0.39, 0.29) is 24.5 Å². The predicted octanol–water partition coefficient (Wildman–Crippen LogP) is -4.30. The number of aromatic nitrogens is 10. The Kier molecular flexibility index (Phi) is 27.7. The predicted molar refractivity (Wildman–Crippen MR) is 460 cm³/mol. The molecule has 0 aliphatic carbocycles. The van der Waals surface area contributed by atoms with Gasteiger partial charge in [-0.25, -0.2) is 19.1 Å². The third-order valence-electron chi connectivity index (χ3n) is 20.6. The molecule has 638 valence electrons. The highest BCUT2D eigenvalue weighted by atomic mass is 16.3. The summed E-state index contributed by atoms with van der Waals surface area (Å²) in [5.74, 6) is -9.07. The van der Waals surface area contributed by atoms with E-state index in [0.717, 1.165) is 74.1 Å². The number of rotatable bonds is 23. The van der Waals surface area contributed by atoms with E-state index in [4.69, 9.17) is 0 Å². The Balaban J connectivity index is 0.746. The van der Waals surface area contributed by atoms with Gasteiger partial charge in [-0.05, 0) is 126 Å². The molecule has 0 bridgehead atoms. The fourth-order valence-corrected chi connectivity index (χ4v) is 13.2. The molecule has 34 nitrogen and oxygen atoms in total. The summed E-state index contributed by atoms with van der Waals surface area (Å²) in [5, 5.41) is 76.0. The molecule has 4 aliphatic rings. The molecule has 14 heterocycles. The maximum Gasteiger partial charge on any atom is 0.405 e. The van der Waals surface area contributed by atoms with Crippen LogP contribution in [0.5, 0.6) is 0 Å². The van der Waals surface area contributed by atoms with Gasteiger partial charge in [-0.3, -0.25) is 19.2 Å². The van der Waals surface area contributed by atoms with Crippen LogP contribution < -0.4 is 86.5 Å². The smallest absolute Gasteiger partial charge is 0.405 e. The summed E-state index contributed by atoms with van der Waals surface area (Å²) in [4.78, 5) is 112. The van der Waals surface area contributed by atoms with Gasteiger partial charge in [0.1, 0.15) is 26.1 Å². The minimum absolute atomic E-state index is 0.0219. The highest BCUT2D eigenvalue weighted by Gasteiger charge is 2.42. The van der Waals surface area contributed by atoms with Crippen molar-refractivity contribution >= 4 is 81.3 Å². The number of nitrogens with zero attached hydrogens (tertiary/aromatic N) is 18. The zero-order chi connectivity index (χ0) is 89.7. The van der Waals surface area contributed by atoms with Crippen molar-refractivity contribution in [2.24, 2.45) is 34.6 Å². The first-order valence-electron chi connectivity index (χ1n) is 40.5. The number of hydrogen-bond donors (Lipinski definition) is 8. The second-order valence-corrected chi connectivity index (χ2v) is 30.1. The Bertz CT molecular complexity index is 6550. The maximum absolute atomic E-state index is 14.9. The highest BCUT2D eigenvalue weighted by molar-refractivity contribution is 6.17. The standard InChI is InChI=1S/C94H84N24O10/c1-107-35-11-65(12-36-107)71-23-47-113(48-24-71)63-97-83(119)59-81(89(123)101-85(91(125)103-115-51-27-73(28-52-115)67-15-39-109(3)40-16-67)92(126)104-116-53-29-74(30-54-116)68-17-41-110(4)42-18-68)99-87(121)77-7-9-79(95-61-77)80-10-8-78(62-96-80)88(122)100-82(60-84(120)98-64-114-49-25-72(26-50-114)66-13-37-108(2)38-14-66)90(124)102-86(93(127)105-117-55-31-75(32-56-117)69-19-43-111(5)44-20-69)94(128)106-118-57-33-76(34-58-118)70-21-45-112(6)46-22-70/h7-58,61-62,81-82,85-86H,59-60,63-64H2,1-6H3/q+2/p+10. The Morgan fingerprint density at radius 3 is 1.04 bits per heavy atom. The van der Waals surface area contributed by atoms with Crippen molar-refractivity contribution in [3.63, 3.8) is 0 Å². The number of aliphatic hydroxyl groups is 4. The van der Waals surface area contributed by atoms with Crippen molar-refractivity contribution < 1.29 is 115 Å². The summed E-state index contributed by atoms with van der Waals surface area (Å²) in [6.45, 7) is 0.00735. The number of aryl methyl sites for hydroxylation is 2. The maximum atomic E-state index is 14.9. The van der Waals surface area contributed by atoms with E-state index in [1.165, 1.54) is 88.9 Å². The molecule has 4 aliphatic heterocycles. The van der Waals surface area contributed by atoms with E-state index in [0.29, 0.717) is 11.4 Å². The monoisotopic (exact) mass is 1720 g/mol. The van der Waals surface area contributed by atoms with Crippen molar-refractivity contribution in [3.05, 3.63) is 374 Å². The van der Waals surface area contributed by atoms with Gasteiger partial charge in [0.25, 0.3) is 17.4 Å². The molecule has 0 radical (unpaired) electrons. The van der Waals surface area contributed by atoms with Crippen molar-refractivity contribution in [1.29, 1.82) is 0 Å². The molecular formula is C94H94N24O10+12. The zero-order valence-electron chi connectivity index (χ0n) is 70.6. The lowest BCUT2D eigenvalue weighted by molar-refractivity contribution is -0.839. The van der Waals surface area contributed by atoms with Crippen LogP contribution in [0.2, 0.25) is 0 Å². The van der Waals surface area contributed by atoms with Gasteiger partial charge in [0.05, 0.1) is 34.2 Å². The van der Waals surface area contributed by atoms with Crippen LogP contribution in [0.3, 0.4) is 0 Å². The summed E-state index contributed by atoms with van der Waals surface area (Å²) in [6, 6.07) is 27.6. The fourth-order valence-electron chi connectivity index (χ4n) is 13.2. The fraction of sp³-hybridized carbons (Fsp3) is 0.149. The first-order valence-corrected chi connectivity index (χ1v) is 40.5. The molecule has 10 aromatic heterocycles. The summed E-state index contributed by atoms with van der Waals surface area (Å²) >= 11 is 0. The summed E-state index contributed by atoms with van der Waals surface area (Å²) < 4.78 is 12.1. The molecule has 0 spiro atoms. The molecule has 0 saturated carbocycles. The molecule has 10 aromatic rings. The van der Waals surface area contributed by atoms with Crippen LogP contribution in [-0.2, 0) is 51.4 Å². The lowest BCUT2D eigenvalue weighted by Gasteiger charge is -2.36. The number of H-pyrrole nitrogens is 2. The third-order valence-corrected chi connectivity index (χ3v) is 20.6. The van der Waals surface area contributed by atoms with E-state index >= 15 is 0 Å². The zero-order valence-corrected chi connectivity index (χ0v) is 70.6. The molecule has 128 heavy (non-hydrogen) atoms. The number of carbonyl (C=O) groups is 6. The van der Waals surface area contributed by atoms with E-state index < -0.39 is 96.0 Å². The SMILES string of the molecule is CN1C=CC(=c2cc[n+](=NC(=O)C([N-]C(=O)C(CC(O)=[NH+]C[n+]3ccc(-c4cc[n+](C)cc4)cc3)[N-]C(=O)c3ccc(-c4ccc(C(O)=[NH+]C(CC(O)=[NH+]C[n+]5ccc(-c6cc[n+](C)cc6)cc5)C(O)=[NH+]C(C(=O)N=[n+]5ccc(=C6C=CN(C)C=C6)cc5)C(=O)N=[n+]5ccc(=C6C=CN(C)C=C6)cc5)c[nH+]4)[nH+]c3)C(=O)N=[n+]3ccc(=C4C=CN(C)C=C4)cc3)cc2)C=C1. The van der Waals surface area contributed by atoms with Crippen molar-refractivity contribution in [1.82, 2.24) is 19.6 Å². The average molecular weight is 1720 g/mol. The van der Waals surface area contributed by atoms with Gasteiger partial charge >= 0.3 is 66.6 Å². The second-order valence-electron chi connectivity index (χ2n) is 30.1. The Morgan fingerprint density at radius 1 is 0.383 bits per heavy atom. The molecule has 14 rings (SSSR count). The molecule has 6 amide bonds. The first kappa shape index (κ1) is 87.2. The number of carbonyl (C=O) groups excluding carboxylic acids is 6. The van der Waals surface area contributed by atoms with Gasteiger partial charge < -0.3 is 60.2 Å². The molecular weight excluding hydrogens is 1630 g/mol. The minimum Gasteiger partial charge on any atom is -0.641 e. The average Bonchev–Trinajstić information content (AvgIpc) is 0.832. The van der Waals surface area contributed by atoms with Gasteiger partial charge in [0.2, 0.25) is 49.6 Å².